The van der Waals surface area contributed by atoms with Crippen LogP contribution in [-0.2, 0) is 12.8 Å². The van der Waals surface area contributed by atoms with Crippen molar-refractivity contribution in [1.29, 1.82) is 0 Å². The van der Waals surface area contributed by atoms with E-state index in [-0.39, 0.29) is 5.91 Å². The molecule has 3 rings (SSSR count). The second kappa shape index (κ2) is 5.90. The number of halogens is 1. The van der Waals surface area contributed by atoms with Crippen LogP contribution in [0.15, 0.2) is 40.9 Å². The predicted molar refractivity (Wildman–Crippen MR) is 90.1 cm³/mol. The summed E-state index contributed by atoms with van der Waals surface area (Å²) < 4.78 is 1.03. The Labute approximate surface area is 132 Å². The molecule has 1 aliphatic heterocycles. The molecular formula is C17H17BrN2O. The Hall–Kier alpha value is -1.81. The lowest BCUT2D eigenvalue weighted by Gasteiger charge is -2.11. The van der Waals surface area contributed by atoms with Crippen LogP contribution in [0.4, 0.5) is 11.4 Å². The van der Waals surface area contributed by atoms with E-state index in [1.807, 2.05) is 36.4 Å². The fourth-order valence-electron chi connectivity index (χ4n) is 2.62. The Morgan fingerprint density at radius 2 is 2.14 bits per heavy atom. The van der Waals surface area contributed by atoms with Gasteiger partial charge in [0, 0.05) is 28.0 Å². The van der Waals surface area contributed by atoms with Gasteiger partial charge in [-0.3, -0.25) is 4.79 Å². The van der Waals surface area contributed by atoms with E-state index >= 15 is 0 Å². The lowest BCUT2D eigenvalue weighted by Crippen LogP contribution is -2.13. The van der Waals surface area contributed by atoms with Crippen molar-refractivity contribution in [1.82, 2.24) is 0 Å². The van der Waals surface area contributed by atoms with Crippen LogP contribution in [0, 0.1) is 0 Å². The van der Waals surface area contributed by atoms with Crippen molar-refractivity contribution in [2.75, 3.05) is 17.2 Å². The van der Waals surface area contributed by atoms with E-state index in [2.05, 4.69) is 33.5 Å². The minimum absolute atomic E-state index is 0.0540. The van der Waals surface area contributed by atoms with Crippen molar-refractivity contribution < 1.29 is 4.79 Å². The SMILES string of the molecule is CCc1cc(Br)ccc1NC(=O)c1ccc2c(c1)CCN2. The molecule has 1 aliphatic rings. The van der Waals surface area contributed by atoms with Gasteiger partial charge in [0.2, 0.25) is 0 Å². The predicted octanol–water partition coefficient (Wildman–Crippen LogP) is 4.23. The monoisotopic (exact) mass is 344 g/mol. The molecule has 0 radical (unpaired) electrons. The molecule has 1 heterocycles. The zero-order valence-corrected chi connectivity index (χ0v) is 13.5. The Balaban J connectivity index is 1.83. The standard InChI is InChI=1S/C17H17BrN2O/c1-2-11-10-14(18)4-6-16(11)20-17(21)13-3-5-15-12(9-13)7-8-19-15/h3-6,9-10,19H,2,7-8H2,1H3,(H,20,21). The number of rotatable bonds is 3. The van der Waals surface area contributed by atoms with Crippen LogP contribution in [0.3, 0.4) is 0 Å². The third kappa shape index (κ3) is 2.95. The third-order valence-electron chi connectivity index (χ3n) is 3.77. The minimum Gasteiger partial charge on any atom is -0.384 e. The summed E-state index contributed by atoms with van der Waals surface area (Å²) in [6.45, 7) is 3.03. The van der Waals surface area contributed by atoms with Gasteiger partial charge in [-0.25, -0.2) is 0 Å². The van der Waals surface area contributed by atoms with E-state index in [1.165, 1.54) is 5.56 Å². The molecule has 0 atom stereocenters. The van der Waals surface area contributed by atoms with Gasteiger partial charge >= 0.3 is 0 Å². The van der Waals surface area contributed by atoms with E-state index in [4.69, 9.17) is 0 Å². The first-order valence-electron chi connectivity index (χ1n) is 7.14. The molecule has 2 aromatic carbocycles. The average Bonchev–Trinajstić information content (AvgIpc) is 2.96. The molecule has 0 aromatic heterocycles. The molecule has 4 heteroatoms. The molecule has 108 valence electrons. The fraction of sp³-hybridized carbons (Fsp3) is 0.235. The molecule has 0 saturated carbocycles. The smallest absolute Gasteiger partial charge is 0.255 e. The van der Waals surface area contributed by atoms with Gasteiger partial charge in [0.15, 0.2) is 0 Å². The van der Waals surface area contributed by atoms with E-state index < -0.39 is 0 Å². The molecule has 21 heavy (non-hydrogen) atoms. The normalized spacial score (nSPS) is 12.7. The van der Waals surface area contributed by atoms with Gasteiger partial charge in [-0.2, -0.15) is 0 Å². The Morgan fingerprint density at radius 3 is 2.95 bits per heavy atom. The van der Waals surface area contributed by atoms with Crippen LogP contribution in [0.5, 0.6) is 0 Å². The van der Waals surface area contributed by atoms with E-state index in [0.717, 1.165) is 40.8 Å². The quantitative estimate of drug-likeness (QED) is 0.874. The lowest BCUT2D eigenvalue weighted by molar-refractivity contribution is 0.102. The number of benzene rings is 2. The third-order valence-corrected chi connectivity index (χ3v) is 4.27. The maximum Gasteiger partial charge on any atom is 0.255 e. The maximum atomic E-state index is 12.4. The lowest BCUT2D eigenvalue weighted by atomic mass is 10.1. The van der Waals surface area contributed by atoms with Gasteiger partial charge in [0.1, 0.15) is 0 Å². The molecule has 0 spiro atoms. The molecular weight excluding hydrogens is 328 g/mol. The van der Waals surface area contributed by atoms with Crippen molar-refractivity contribution >= 4 is 33.2 Å². The highest BCUT2D eigenvalue weighted by atomic mass is 79.9. The first-order chi connectivity index (χ1) is 10.2. The molecule has 0 unspecified atom stereocenters. The Morgan fingerprint density at radius 1 is 1.29 bits per heavy atom. The zero-order valence-electron chi connectivity index (χ0n) is 11.9. The zero-order chi connectivity index (χ0) is 14.8. The summed E-state index contributed by atoms with van der Waals surface area (Å²) in [6, 6.07) is 11.8. The second-order valence-electron chi connectivity index (χ2n) is 5.16. The van der Waals surface area contributed by atoms with Crippen molar-refractivity contribution in [2.45, 2.75) is 19.8 Å². The molecule has 0 fully saturated rings. The summed E-state index contributed by atoms with van der Waals surface area (Å²) in [7, 11) is 0. The van der Waals surface area contributed by atoms with Gasteiger partial charge < -0.3 is 10.6 Å². The van der Waals surface area contributed by atoms with Gasteiger partial charge in [0.05, 0.1) is 0 Å². The largest absolute Gasteiger partial charge is 0.384 e. The van der Waals surface area contributed by atoms with Crippen molar-refractivity contribution in [3.63, 3.8) is 0 Å². The van der Waals surface area contributed by atoms with E-state index in [9.17, 15) is 4.79 Å². The first-order valence-corrected chi connectivity index (χ1v) is 7.93. The minimum atomic E-state index is -0.0540. The molecule has 3 nitrogen and oxygen atoms in total. The van der Waals surface area contributed by atoms with Crippen molar-refractivity contribution in [2.24, 2.45) is 0 Å². The maximum absolute atomic E-state index is 12.4. The Kier molecular flexibility index (Phi) is 3.97. The van der Waals surface area contributed by atoms with Crippen molar-refractivity contribution in [3.05, 3.63) is 57.6 Å². The van der Waals surface area contributed by atoms with Crippen LogP contribution < -0.4 is 10.6 Å². The average molecular weight is 345 g/mol. The van der Waals surface area contributed by atoms with E-state index in [1.54, 1.807) is 0 Å². The van der Waals surface area contributed by atoms with Crippen LogP contribution in [0.25, 0.3) is 0 Å². The summed E-state index contributed by atoms with van der Waals surface area (Å²) in [5, 5.41) is 6.32. The number of nitrogens with one attached hydrogen (secondary N) is 2. The van der Waals surface area contributed by atoms with Crippen LogP contribution in [0.1, 0.15) is 28.4 Å². The highest BCUT2D eigenvalue weighted by Crippen LogP contribution is 2.25. The van der Waals surface area contributed by atoms with Gasteiger partial charge in [-0.1, -0.05) is 22.9 Å². The molecule has 1 amide bonds. The van der Waals surface area contributed by atoms with Crippen LogP contribution in [0.2, 0.25) is 0 Å². The summed E-state index contributed by atoms with van der Waals surface area (Å²) in [5.74, 6) is -0.0540. The fourth-order valence-corrected chi connectivity index (χ4v) is 3.03. The number of hydrogen-bond donors (Lipinski definition) is 2. The van der Waals surface area contributed by atoms with Crippen LogP contribution in [-0.4, -0.2) is 12.5 Å². The number of carbonyl (C=O) groups excluding carboxylic acids is 1. The van der Waals surface area contributed by atoms with Gasteiger partial charge in [-0.15, -0.1) is 0 Å². The number of amides is 1. The molecule has 2 N–H and O–H groups in total. The molecule has 0 aliphatic carbocycles. The number of aryl methyl sites for hydroxylation is 1. The number of anilines is 2. The van der Waals surface area contributed by atoms with Crippen molar-refractivity contribution in [3.8, 4) is 0 Å². The number of fused-ring (bicyclic) bond motifs is 1. The summed E-state index contributed by atoms with van der Waals surface area (Å²) in [4.78, 5) is 12.4. The van der Waals surface area contributed by atoms with Gasteiger partial charge in [-0.05, 0) is 60.4 Å². The number of hydrogen-bond acceptors (Lipinski definition) is 2. The Bertz CT molecular complexity index is 697. The molecule has 0 saturated heterocycles. The summed E-state index contributed by atoms with van der Waals surface area (Å²) in [5.41, 5.74) is 5.07. The van der Waals surface area contributed by atoms with Gasteiger partial charge in [0.25, 0.3) is 5.91 Å². The summed E-state index contributed by atoms with van der Waals surface area (Å²) >= 11 is 3.46. The highest BCUT2D eigenvalue weighted by Gasteiger charge is 2.14. The highest BCUT2D eigenvalue weighted by molar-refractivity contribution is 9.10. The van der Waals surface area contributed by atoms with E-state index in [0.29, 0.717) is 5.56 Å². The summed E-state index contributed by atoms with van der Waals surface area (Å²) in [6.07, 6.45) is 1.86. The topological polar surface area (TPSA) is 41.1 Å². The number of carbonyl (C=O) groups is 1. The molecule has 0 bridgehead atoms. The second-order valence-corrected chi connectivity index (χ2v) is 6.07. The van der Waals surface area contributed by atoms with Crippen LogP contribution >= 0.6 is 15.9 Å². The molecule has 2 aromatic rings. The first kappa shape index (κ1) is 14.1.